The summed E-state index contributed by atoms with van der Waals surface area (Å²) in [6, 6.07) is 45.5. The van der Waals surface area contributed by atoms with Gasteiger partial charge < -0.3 is 24.8 Å². The molecule has 0 fully saturated rings. The van der Waals surface area contributed by atoms with Crippen LogP contribution in [0.4, 0.5) is 0 Å². The van der Waals surface area contributed by atoms with Gasteiger partial charge in [0.15, 0.2) is 0 Å². The Balaban J connectivity index is 0.000000190. The van der Waals surface area contributed by atoms with Crippen LogP contribution in [0.1, 0.15) is 30.4 Å². The van der Waals surface area contributed by atoms with E-state index in [2.05, 4.69) is 140 Å². The summed E-state index contributed by atoms with van der Waals surface area (Å²) in [5.41, 5.74) is 2.91. The zero-order valence-corrected chi connectivity index (χ0v) is 27.6. The molecule has 6 aromatic carbocycles. The minimum Gasteiger partial charge on any atom is -0.126 e. The molecule has 42 heavy (non-hydrogen) atoms. The van der Waals surface area contributed by atoms with Gasteiger partial charge in [-0.1, -0.05) is 65.4 Å². The number of halogens is 2. The second kappa shape index (κ2) is 17.9. The smallest absolute Gasteiger partial charge is 0.0520 e. The van der Waals surface area contributed by atoms with Crippen molar-refractivity contribution in [3.8, 4) is 0 Å². The summed E-state index contributed by atoms with van der Waals surface area (Å²) in [5.74, 6) is 0. The van der Waals surface area contributed by atoms with Crippen molar-refractivity contribution in [3.63, 3.8) is 0 Å². The van der Waals surface area contributed by atoms with Crippen molar-refractivity contribution < 1.29 is 49.0 Å². The van der Waals surface area contributed by atoms with E-state index in [9.17, 15) is 0 Å². The molecule has 0 heterocycles. The first-order valence-electron chi connectivity index (χ1n) is 14.1. The maximum atomic E-state index is 2.99. The molecule has 6 aromatic rings. The number of allylic oxidation sites excluding steroid dienone is 4. The number of fused-ring (bicyclic) bond motifs is 5. The predicted octanol–water partition coefficient (Wildman–Crippen LogP) is 4.15. The fourth-order valence-corrected chi connectivity index (χ4v) is 5.67. The van der Waals surface area contributed by atoms with Crippen molar-refractivity contribution in [3.05, 3.63) is 163 Å². The van der Waals surface area contributed by atoms with Gasteiger partial charge in [0.2, 0.25) is 0 Å². The van der Waals surface area contributed by atoms with Crippen LogP contribution in [0.15, 0.2) is 146 Å². The number of aryl methyl sites for hydroxylation is 2. The van der Waals surface area contributed by atoms with Gasteiger partial charge in [0.1, 0.15) is 0 Å². The maximum Gasteiger partial charge on any atom is -0.0520 e. The third-order valence-corrected chi connectivity index (χ3v) is 8.45. The molecule has 0 saturated carbocycles. The first kappa shape index (κ1) is 33.5. The Labute approximate surface area is 277 Å². The van der Waals surface area contributed by atoms with Gasteiger partial charge in [-0.05, 0) is 0 Å². The molecule has 0 aliphatic heterocycles. The third-order valence-electron chi connectivity index (χ3n) is 7.22. The molecular formula is C39H34Cl2Zr-2. The van der Waals surface area contributed by atoms with Gasteiger partial charge in [0.25, 0.3) is 0 Å². The monoisotopic (exact) mass is 662 g/mol. The van der Waals surface area contributed by atoms with Crippen LogP contribution >= 0.6 is 0 Å². The molecule has 0 N–H and O–H groups in total. The molecule has 7 rings (SSSR count). The van der Waals surface area contributed by atoms with E-state index in [4.69, 9.17) is 0 Å². The van der Waals surface area contributed by atoms with E-state index in [0.29, 0.717) is 0 Å². The first-order chi connectivity index (χ1) is 19.8. The molecule has 0 aromatic heterocycles. The predicted molar refractivity (Wildman–Crippen MR) is 171 cm³/mol. The normalized spacial score (nSPS) is 11.2. The van der Waals surface area contributed by atoms with E-state index in [1.165, 1.54) is 69.1 Å². The minimum absolute atomic E-state index is 0. The van der Waals surface area contributed by atoms with E-state index < -0.39 is 0 Å². The Hall–Kier alpha value is -2.96. The molecule has 0 nitrogen and oxygen atoms in total. The Kier molecular flexibility index (Phi) is 14.3. The molecule has 210 valence electrons. The van der Waals surface area contributed by atoms with Crippen LogP contribution < -0.4 is 24.8 Å². The molecule has 0 atom stereocenters. The van der Waals surface area contributed by atoms with E-state index in [-0.39, 0.29) is 24.8 Å². The second-order valence-electron chi connectivity index (χ2n) is 10.1. The average Bonchev–Trinajstić information content (AvgIpc) is 3.73. The number of hydrogen-bond donors (Lipinski definition) is 0. The summed E-state index contributed by atoms with van der Waals surface area (Å²) < 4.78 is 1.69. The summed E-state index contributed by atoms with van der Waals surface area (Å²) in [4.78, 5) is 0. The van der Waals surface area contributed by atoms with E-state index in [1.54, 1.807) is 27.4 Å². The minimum atomic E-state index is 0. The van der Waals surface area contributed by atoms with Crippen molar-refractivity contribution >= 4 is 35.5 Å². The first-order valence-corrected chi connectivity index (χ1v) is 15.3. The Morgan fingerprint density at radius 1 is 0.619 bits per heavy atom. The van der Waals surface area contributed by atoms with Gasteiger partial charge in [-0.2, -0.15) is 6.08 Å². The quantitative estimate of drug-likeness (QED) is 0.235. The zero-order valence-electron chi connectivity index (χ0n) is 23.6. The summed E-state index contributed by atoms with van der Waals surface area (Å²) in [6.45, 7) is 0. The van der Waals surface area contributed by atoms with Gasteiger partial charge >= 0.3 is 125 Å². The fraction of sp³-hybridized carbons (Fsp3) is 0.128. The van der Waals surface area contributed by atoms with E-state index in [1.807, 2.05) is 12.2 Å². The van der Waals surface area contributed by atoms with Crippen LogP contribution in [0.5, 0.6) is 0 Å². The van der Waals surface area contributed by atoms with Crippen LogP contribution in [0, 0.1) is 6.08 Å². The third kappa shape index (κ3) is 9.53. The van der Waals surface area contributed by atoms with Crippen molar-refractivity contribution in [2.24, 2.45) is 0 Å². The van der Waals surface area contributed by atoms with E-state index >= 15 is 0 Å². The summed E-state index contributed by atoms with van der Waals surface area (Å²) in [5, 5.41) is 8.08. The molecule has 0 spiro atoms. The van der Waals surface area contributed by atoms with Crippen molar-refractivity contribution in [2.75, 3.05) is 0 Å². The van der Waals surface area contributed by atoms with Crippen LogP contribution in [0.2, 0.25) is 0 Å². The Bertz CT molecular complexity index is 1670. The molecule has 0 radical (unpaired) electrons. The molecule has 0 amide bonds. The topological polar surface area (TPSA) is 0 Å². The van der Waals surface area contributed by atoms with Crippen LogP contribution in [0.3, 0.4) is 0 Å². The molecule has 0 unspecified atom stereocenters. The number of hydrogen-bond acceptors (Lipinski definition) is 0. The van der Waals surface area contributed by atoms with Crippen LogP contribution in [-0.2, 0) is 37.1 Å². The Morgan fingerprint density at radius 2 is 1.19 bits per heavy atom. The summed E-state index contributed by atoms with van der Waals surface area (Å²) >= 11 is 1.60. The van der Waals surface area contributed by atoms with Crippen LogP contribution in [-0.4, -0.2) is 3.21 Å². The molecular weight excluding hydrogens is 631 g/mol. The fourth-order valence-electron chi connectivity index (χ4n) is 5.05. The van der Waals surface area contributed by atoms with Crippen molar-refractivity contribution in [1.82, 2.24) is 0 Å². The van der Waals surface area contributed by atoms with E-state index in [0.717, 1.165) is 6.42 Å². The molecule has 0 bridgehead atoms. The molecule has 1 aliphatic rings. The van der Waals surface area contributed by atoms with Gasteiger partial charge in [-0.3, -0.25) is 6.08 Å². The van der Waals surface area contributed by atoms with Gasteiger partial charge in [-0.25, -0.2) is 12.2 Å². The van der Waals surface area contributed by atoms with Crippen molar-refractivity contribution in [2.45, 2.75) is 32.1 Å². The molecule has 1 aliphatic carbocycles. The maximum absolute atomic E-state index is 2.99. The SMILES string of the molecule is [C-]1=CC=CC1.[Cl-].[Cl-].[Zr+2]=[C](CCc1ccccc1)CCc1ccccc1.c1ccc2c(c1)ccc1c3ccccc3[cH-]c21. The summed E-state index contributed by atoms with van der Waals surface area (Å²) in [7, 11) is 0. The standard InChI is InChI=1S/C17H11.C17H18.C5H5.2ClH.Zr/c1-3-7-14-12(5-1)9-10-16-15-8-4-2-6-13(15)11-17(14)16;1-4-10-16(11-5-1)14-8-3-9-15-17-12-6-2-7-13-17;1-2-4-5-3-1;;;/h1-11H;1-2,4-7,10-13H,8-9,14-15H2;1-3H,4H2;2*1H;/q-1;;-1;;;+2/p-2. The van der Waals surface area contributed by atoms with Gasteiger partial charge in [-0.15, -0.1) is 40.1 Å². The molecule has 3 heteroatoms. The van der Waals surface area contributed by atoms with Gasteiger partial charge in [0.05, 0.1) is 0 Å². The van der Waals surface area contributed by atoms with Crippen LogP contribution in [0.25, 0.3) is 32.3 Å². The number of benzene rings is 5. The largest absolute Gasteiger partial charge is 0.126 e. The Morgan fingerprint density at radius 3 is 1.76 bits per heavy atom. The summed E-state index contributed by atoms with van der Waals surface area (Å²) in [6.07, 6.45) is 14.9. The number of rotatable bonds is 6. The molecule has 0 saturated heterocycles. The zero-order chi connectivity index (χ0) is 27.4. The second-order valence-corrected chi connectivity index (χ2v) is 11.8. The van der Waals surface area contributed by atoms with Gasteiger partial charge in [0, 0.05) is 0 Å². The average molecular weight is 665 g/mol. The van der Waals surface area contributed by atoms with Crippen molar-refractivity contribution in [1.29, 1.82) is 0 Å².